The zero-order valence-corrected chi connectivity index (χ0v) is 10.2. The molecule has 0 bridgehead atoms. The second-order valence-electron chi connectivity index (χ2n) is 3.77. The lowest BCUT2D eigenvalue weighted by Crippen LogP contribution is -2.22. The molecule has 0 aliphatic carbocycles. The third kappa shape index (κ3) is 2.65. The molecule has 0 fully saturated rings. The van der Waals surface area contributed by atoms with E-state index in [9.17, 15) is 0 Å². The molecule has 0 aromatic carbocycles. The number of hydrogen-bond acceptors (Lipinski definition) is 4. The molecular weight excluding hydrogens is 218 g/mol. The van der Waals surface area contributed by atoms with Crippen molar-refractivity contribution in [3.05, 3.63) is 46.7 Å². The zero-order chi connectivity index (χ0) is 11.4. The van der Waals surface area contributed by atoms with Gasteiger partial charge in [0.2, 0.25) is 0 Å². The summed E-state index contributed by atoms with van der Waals surface area (Å²) >= 11 is 1.68. The average Bonchev–Trinajstić information content (AvgIpc) is 2.83. The standard InChI is InChI=1S/C12H15N3S/c1-9(11-4-3-5-13-8-11)15-10(2)12-14-6-7-16-12/h3-10,15H,1-2H3. The van der Waals surface area contributed by atoms with E-state index in [4.69, 9.17) is 0 Å². The first-order valence-electron chi connectivity index (χ1n) is 5.32. The molecule has 2 aromatic rings. The second-order valence-corrected chi connectivity index (χ2v) is 4.69. The summed E-state index contributed by atoms with van der Waals surface area (Å²) in [7, 11) is 0. The largest absolute Gasteiger partial charge is 0.301 e. The first kappa shape index (κ1) is 11.2. The molecule has 84 valence electrons. The Balaban J connectivity index is 2.00. The monoisotopic (exact) mass is 233 g/mol. The predicted molar refractivity (Wildman–Crippen MR) is 66.3 cm³/mol. The van der Waals surface area contributed by atoms with Crippen LogP contribution in [-0.4, -0.2) is 9.97 Å². The molecule has 2 rings (SSSR count). The fourth-order valence-corrected chi connectivity index (χ4v) is 2.28. The van der Waals surface area contributed by atoms with Gasteiger partial charge in [0, 0.05) is 30.0 Å². The molecule has 3 nitrogen and oxygen atoms in total. The Kier molecular flexibility index (Phi) is 3.64. The molecule has 0 saturated carbocycles. The number of nitrogens with zero attached hydrogens (tertiary/aromatic N) is 2. The van der Waals surface area contributed by atoms with Crippen LogP contribution >= 0.6 is 11.3 Å². The van der Waals surface area contributed by atoms with Gasteiger partial charge in [-0.2, -0.15) is 0 Å². The fraction of sp³-hybridized carbons (Fsp3) is 0.333. The van der Waals surface area contributed by atoms with Crippen LogP contribution in [0.1, 0.15) is 36.5 Å². The maximum absolute atomic E-state index is 4.30. The van der Waals surface area contributed by atoms with E-state index in [0.29, 0.717) is 0 Å². The molecule has 16 heavy (non-hydrogen) atoms. The van der Waals surface area contributed by atoms with Crippen molar-refractivity contribution in [2.45, 2.75) is 25.9 Å². The molecule has 0 saturated heterocycles. The van der Waals surface area contributed by atoms with Crippen molar-refractivity contribution in [1.82, 2.24) is 15.3 Å². The maximum Gasteiger partial charge on any atom is 0.109 e. The molecule has 0 radical (unpaired) electrons. The van der Waals surface area contributed by atoms with E-state index in [2.05, 4.69) is 35.2 Å². The number of pyridine rings is 1. The molecule has 2 atom stereocenters. The highest BCUT2D eigenvalue weighted by Gasteiger charge is 2.12. The van der Waals surface area contributed by atoms with E-state index in [-0.39, 0.29) is 12.1 Å². The van der Waals surface area contributed by atoms with E-state index in [1.165, 1.54) is 5.56 Å². The van der Waals surface area contributed by atoms with Gasteiger partial charge in [-0.3, -0.25) is 4.98 Å². The summed E-state index contributed by atoms with van der Waals surface area (Å²) in [6, 6.07) is 4.60. The predicted octanol–water partition coefficient (Wildman–Crippen LogP) is 2.95. The van der Waals surface area contributed by atoms with Crippen molar-refractivity contribution in [1.29, 1.82) is 0 Å². The van der Waals surface area contributed by atoms with Crippen molar-refractivity contribution >= 4 is 11.3 Å². The van der Waals surface area contributed by atoms with Crippen LogP contribution in [0.25, 0.3) is 0 Å². The number of thiazole rings is 1. The minimum absolute atomic E-state index is 0.273. The van der Waals surface area contributed by atoms with Crippen molar-refractivity contribution in [3.63, 3.8) is 0 Å². The summed E-state index contributed by atoms with van der Waals surface area (Å²) in [5.41, 5.74) is 1.20. The first-order chi connectivity index (χ1) is 7.77. The molecule has 0 spiro atoms. The normalized spacial score (nSPS) is 14.6. The first-order valence-corrected chi connectivity index (χ1v) is 6.20. The molecule has 0 aliphatic heterocycles. The zero-order valence-electron chi connectivity index (χ0n) is 9.42. The maximum atomic E-state index is 4.30. The lowest BCUT2D eigenvalue weighted by molar-refractivity contribution is 0.492. The highest BCUT2D eigenvalue weighted by Crippen LogP contribution is 2.19. The number of nitrogens with one attached hydrogen (secondary N) is 1. The fourth-order valence-electron chi connectivity index (χ4n) is 1.62. The molecule has 4 heteroatoms. The summed E-state index contributed by atoms with van der Waals surface area (Å²) in [4.78, 5) is 8.43. The third-order valence-corrected chi connectivity index (χ3v) is 3.46. The van der Waals surface area contributed by atoms with Crippen LogP contribution in [0.3, 0.4) is 0 Å². The van der Waals surface area contributed by atoms with Crippen LogP contribution in [0, 0.1) is 0 Å². The van der Waals surface area contributed by atoms with Gasteiger partial charge in [0.25, 0.3) is 0 Å². The van der Waals surface area contributed by atoms with Gasteiger partial charge in [0.1, 0.15) is 5.01 Å². The Morgan fingerprint density at radius 1 is 1.25 bits per heavy atom. The molecule has 2 aromatic heterocycles. The Bertz CT molecular complexity index is 413. The Labute approximate surface area is 99.6 Å². The molecule has 2 heterocycles. The number of rotatable bonds is 4. The molecule has 2 unspecified atom stereocenters. The lowest BCUT2D eigenvalue weighted by atomic mass is 10.1. The lowest BCUT2D eigenvalue weighted by Gasteiger charge is -2.18. The molecule has 0 amide bonds. The Morgan fingerprint density at radius 2 is 2.12 bits per heavy atom. The van der Waals surface area contributed by atoms with Gasteiger partial charge in [-0.05, 0) is 25.5 Å². The summed E-state index contributed by atoms with van der Waals surface area (Å²) in [5.74, 6) is 0. The average molecular weight is 233 g/mol. The van der Waals surface area contributed by atoms with Gasteiger partial charge in [-0.25, -0.2) is 4.98 Å². The van der Waals surface area contributed by atoms with Crippen LogP contribution in [0.2, 0.25) is 0 Å². The Hall–Kier alpha value is -1.26. The van der Waals surface area contributed by atoms with Gasteiger partial charge >= 0.3 is 0 Å². The highest BCUT2D eigenvalue weighted by atomic mass is 32.1. The van der Waals surface area contributed by atoms with E-state index in [1.54, 1.807) is 17.5 Å². The Morgan fingerprint density at radius 3 is 2.75 bits per heavy atom. The van der Waals surface area contributed by atoms with Crippen LogP contribution in [0.5, 0.6) is 0 Å². The minimum atomic E-state index is 0.273. The topological polar surface area (TPSA) is 37.8 Å². The van der Waals surface area contributed by atoms with Crippen molar-refractivity contribution < 1.29 is 0 Å². The summed E-state index contributed by atoms with van der Waals surface area (Å²) in [6.07, 6.45) is 5.53. The quantitative estimate of drug-likeness (QED) is 0.882. The number of hydrogen-bond donors (Lipinski definition) is 1. The molecule has 1 N–H and O–H groups in total. The molecular formula is C12H15N3S. The van der Waals surface area contributed by atoms with Crippen molar-refractivity contribution in [2.75, 3.05) is 0 Å². The smallest absolute Gasteiger partial charge is 0.109 e. The van der Waals surface area contributed by atoms with Gasteiger partial charge in [0.05, 0.1) is 6.04 Å². The van der Waals surface area contributed by atoms with Gasteiger partial charge in [-0.1, -0.05) is 6.07 Å². The minimum Gasteiger partial charge on any atom is -0.301 e. The van der Waals surface area contributed by atoms with Crippen molar-refractivity contribution in [2.24, 2.45) is 0 Å². The number of aromatic nitrogens is 2. The van der Waals surface area contributed by atoms with Gasteiger partial charge in [0.15, 0.2) is 0 Å². The van der Waals surface area contributed by atoms with Crippen LogP contribution in [0.4, 0.5) is 0 Å². The SMILES string of the molecule is CC(NC(C)c1nccs1)c1cccnc1. The van der Waals surface area contributed by atoms with Crippen LogP contribution in [0.15, 0.2) is 36.1 Å². The molecule has 0 aliphatic rings. The third-order valence-electron chi connectivity index (χ3n) is 2.51. The summed E-state index contributed by atoms with van der Waals surface area (Å²) in [6.45, 7) is 4.27. The van der Waals surface area contributed by atoms with E-state index in [1.807, 2.05) is 23.8 Å². The van der Waals surface area contributed by atoms with Crippen LogP contribution < -0.4 is 5.32 Å². The van der Waals surface area contributed by atoms with Crippen LogP contribution in [-0.2, 0) is 0 Å². The van der Waals surface area contributed by atoms with Gasteiger partial charge in [-0.15, -0.1) is 11.3 Å². The van der Waals surface area contributed by atoms with E-state index < -0.39 is 0 Å². The second kappa shape index (κ2) is 5.18. The summed E-state index contributed by atoms with van der Waals surface area (Å²) in [5, 5.41) is 6.63. The summed E-state index contributed by atoms with van der Waals surface area (Å²) < 4.78 is 0. The highest BCUT2D eigenvalue weighted by molar-refractivity contribution is 7.09. The van der Waals surface area contributed by atoms with Gasteiger partial charge < -0.3 is 5.32 Å². The van der Waals surface area contributed by atoms with E-state index >= 15 is 0 Å². The van der Waals surface area contributed by atoms with E-state index in [0.717, 1.165) is 5.01 Å². The van der Waals surface area contributed by atoms with Crippen molar-refractivity contribution in [3.8, 4) is 0 Å².